The highest BCUT2D eigenvalue weighted by Crippen LogP contribution is 2.33. The van der Waals surface area contributed by atoms with Crippen molar-refractivity contribution < 1.29 is 21.6 Å². The lowest BCUT2D eigenvalue weighted by atomic mass is 10.2. The highest BCUT2D eigenvalue weighted by Gasteiger charge is 2.31. The van der Waals surface area contributed by atoms with Gasteiger partial charge in [-0.1, -0.05) is 48.5 Å². The molecule has 198 valence electrons. The summed E-state index contributed by atoms with van der Waals surface area (Å²) in [6.07, 6.45) is 0.608. The summed E-state index contributed by atoms with van der Waals surface area (Å²) in [5, 5.41) is 0. The number of rotatable bonds is 9. The third-order valence-electron chi connectivity index (χ3n) is 6.71. The molecule has 0 N–H and O–H groups in total. The summed E-state index contributed by atoms with van der Waals surface area (Å²) < 4.78 is 61.4. The zero-order chi connectivity index (χ0) is 26.6. The zero-order valence-electron chi connectivity index (χ0n) is 21.4. The number of piperazine rings is 1. The van der Waals surface area contributed by atoms with Crippen molar-refractivity contribution in [2.75, 3.05) is 51.8 Å². The van der Waals surface area contributed by atoms with Crippen molar-refractivity contribution in [2.24, 2.45) is 0 Å². The molecule has 8 nitrogen and oxygen atoms in total. The number of nitrogens with zero attached hydrogens (tertiary/aromatic N) is 3. The molecule has 0 aromatic heterocycles. The van der Waals surface area contributed by atoms with E-state index in [-0.39, 0.29) is 18.0 Å². The first-order valence-corrected chi connectivity index (χ1v) is 15.0. The Kier molecular flexibility index (Phi) is 8.23. The minimum absolute atomic E-state index is 0.175. The Hall–Kier alpha value is -2.92. The standard InChI is InChI=1S/C27H33N3O5S2/c1-22-9-7-8-12-27(22)37(33,34)30-19-17-29(18-20-30)25-21-24(13-14-26(25)35-3)36(31,32)28(2)16-15-23-10-5-4-6-11-23/h4-14,21H,15-20H2,1-3H3. The number of hydrogen-bond donors (Lipinski definition) is 0. The minimum atomic E-state index is -3.73. The molecule has 0 atom stereocenters. The smallest absolute Gasteiger partial charge is 0.243 e. The van der Waals surface area contributed by atoms with Gasteiger partial charge in [-0.25, -0.2) is 21.1 Å². The number of hydrogen-bond acceptors (Lipinski definition) is 6. The van der Waals surface area contributed by atoms with Gasteiger partial charge in [-0.15, -0.1) is 0 Å². The van der Waals surface area contributed by atoms with Gasteiger partial charge in [0.25, 0.3) is 0 Å². The average Bonchev–Trinajstić information content (AvgIpc) is 2.92. The number of aryl methyl sites for hydroxylation is 1. The Morgan fingerprint density at radius 2 is 1.51 bits per heavy atom. The monoisotopic (exact) mass is 543 g/mol. The Labute approximate surface area is 220 Å². The van der Waals surface area contributed by atoms with Crippen LogP contribution in [-0.2, 0) is 26.5 Å². The topological polar surface area (TPSA) is 87.2 Å². The van der Waals surface area contributed by atoms with Crippen LogP contribution >= 0.6 is 0 Å². The Morgan fingerprint density at radius 1 is 0.865 bits per heavy atom. The summed E-state index contributed by atoms with van der Waals surface area (Å²) in [4.78, 5) is 2.47. The predicted octanol–water partition coefficient (Wildman–Crippen LogP) is 3.38. The molecule has 1 aliphatic rings. The molecule has 0 aliphatic carbocycles. The number of sulfonamides is 2. The van der Waals surface area contributed by atoms with E-state index in [0.717, 1.165) is 5.56 Å². The van der Waals surface area contributed by atoms with Crippen molar-refractivity contribution in [3.8, 4) is 5.75 Å². The van der Waals surface area contributed by atoms with Crippen LogP contribution in [0.1, 0.15) is 11.1 Å². The minimum Gasteiger partial charge on any atom is -0.495 e. The van der Waals surface area contributed by atoms with Crippen LogP contribution < -0.4 is 9.64 Å². The molecule has 10 heteroatoms. The van der Waals surface area contributed by atoms with E-state index < -0.39 is 20.0 Å². The van der Waals surface area contributed by atoms with Gasteiger partial charge >= 0.3 is 0 Å². The van der Waals surface area contributed by atoms with Crippen LogP contribution in [0.25, 0.3) is 0 Å². The summed E-state index contributed by atoms with van der Waals surface area (Å²) in [6, 6.07) is 21.5. The van der Waals surface area contributed by atoms with Gasteiger partial charge in [-0.05, 0) is 48.7 Å². The third-order valence-corrected chi connectivity index (χ3v) is 10.6. The molecular weight excluding hydrogens is 510 g/mol. The Bertz CT molecular complexity index is 1440. The van der Waals surface area contributed by atoms with Gasteiger partial charge in [0, 0.05) is 39.8 Å². The maximum absolute atomic E-state index is 13.3. The molecule has 1 heterocycles. The van der Waals surface area contributed by atoms with Gasteiger partial charge in [-0.3, -0.25) is 0 Å². The summed E-state index contributed by atoms with van der Waals surface area (Å²) in [7, 11) is -4.22. The fraction of sp³-hybridized carbons (Fsp3) is 0.333. The van der Waals surface area contributed by atoms with E-state index in [0.29, 0.717) is 48.0 Å². The van der Waals surface area contributed by atoms with E-state index in [4.69, 9.17) is 4.74 Å². The van der Waals surface area contributed by atoms with E-state index in [1.165, 1.54) is 15.7 Å². The van der Waals surface area contributed by atoms with Crippen LogP contribution in [0.5, 0.6) is 5.75 Å². The first-order chi connectivity index (χ1) is 17.6. The summed E-state index contributed by atoms with van der Waals surface area (Å²) in [5.74, 6) is 0.543. The summed E-state index contributed by atoms with van der Waals surface area (Å²) in [5.41, 5.74) is 2.41. The second-order valence-corrected chi connectivity index (χ2v) is 13.0. The van der Waals surface area contributed by atoms with Crippen LogP contribution in [0.4, 0.5) is 5.69 Å². The highest BCUT2D eigenvalue weighted by molar-refractivity contribution is 7.89. The zero-order valence-corrected chi connectivity index (χ0v) is 23.0. The van der Waals surface area contributed by atoms with Crippen molar-refractivity contribution in [3.05, 3.63) is 83.9 Å². The SMILES string of the molecule is COc1ccc(S(=O)(=O)N(C)CCc2ccccc2)cc1N1CCN(S(=O)(=O)c2ccccc2C)CC1. The van der Waals surface area contributed by atoms with Gasteiger partial charge in [0.05, 0.1) is 22.6 Å². The van der Waals surface area contributed by atoms with Crippen molar-refractivity contribution in [3.63, 3.8) is 0 Å². The molecule has 0 radical (unpaired) electrons. The van der Waals surface area contributed by atoms with Crippen molar-refractivity contribution in [2.45, 2.75) is 23.1 Å². The van der Waals surface area contributed by atoms with Crippen LogP contribution in [0.2, 0.25) is 0 Å². The number of likely N-dealkylation sites (N-methyl/N-ethyl adjacent to an activating group) is 1. The number of benzene rings is 3. The molecule has 4 rings (SSSR count). The van der Waals surface area contributed by atoms with Gasteiger partial charge in [0.15, 0.2) is 0 Å². The Balaban J connectivity index is 1.51. The molecule has 0 unspecified atom stereocenters. The molecule has 0 spiro atoms. The van der Waals surface area contributed by atoms with Gasteiger partial charge < -0.3 is 9.64 Å². The van der Waals surface area contributed by atoms with Crippen molar-refractivity contribution >= 4 is 25.7 Å². The van der Waals surface area contributed by atoms with E-state index >= 15 is 0 Å². The lowest BCUT2D eigenvalue weighted by Crippen LogP contribution is -2.48. The molecule has 0 saturated carbocycles. The van der Waals surface area contributed by atoms with Gasteiger partial charge in [0.2, 0.25) is 20.0 Å². The number of anilines is 1. The lowest BCUT2D eigenvalue weighted by molar-refractivity contribution is 0.378. The third kappa shape index (κ3) is 5.82. The van der Waals surface area contributed by atoms with Crippen molar-refractivity contribution in [1.82, 2.24) is 8.61 Å². The first kappa shape index (κ1) is 27.1. The van der Waals surface area contributed by atoms with Gasteiger partial charge in [0.1, 0.15) is 5.75 Å². The van der Waals surface area contributed by atoms with Crippen LogP contribution in [-0.4, -0.2) is 72.3 Å². The van der Waals surface area contributed by atoms with Crippen LogP contribution in [0, 0.1) is 6.92 Å². The predicted molar refractivity (Wildman–Crippen MR) is 145 cm³/mol. The molecular formula is C27H33N3O5S2. The summed E-state index contributed by atoms with van der Waals surface area (Å²) in [6.45, 7) is 3.53. The summed E-state index contributed by atoms with van der Waals surface area (Å²) >= 11 is 0. The van der Waals surface area contributed by atoms with E-state index in [9.17, 15) is 16.8 Å². The highest BCUT2D eigenvalue weighted by atomic mass is 32.2. The van der Waals surface area contributed by atoms with Crippen LogP contribution in [0.3, 0.4) is 0 Å². The molecule has 3 aromatic carbocycles. The molecule has 1 fully saturated rings. The fourth-order valence-electron chi connectivity index (χ4n) is 4.46. The Morgan fingerprint density at radius 3 is 2.16 bits per heavy atom. The van der Waals surface area contributed by atoms with E-state index in [1.54, 1.807) is 50.4 Å². The molecule has 37 heavy (non-hydrogen) atoms. The van der Waals surface area contributed by atoms with Crippen molar-refractivity contribution in [1.29, 1.82) is 0 Å². The maximum Gasteiger partial charge on any atom is 0.243 e. The van der Waals surface area contributed by atoms with Gasteiger partial charge in [-0.2, -0.15) is 4.31 Å². The number of ether oxygens (including phenoxy) is 1. The second kappa shape index (κ2) is 11.2. The normalized spacial score (nSPS) is 15.2. The average molecular weight is 544 g/mol. The molecule has 0 bridgehead atoms. The first-order valence-electron chi connectivity index (χ1n) is 12.1. The molecule has 1 saturated heterocycles. The largest absolute Gasteiger partial charge is 0.495 e. The fourth-order valence-corrected chi connectivity index (χ4v) is 7.30. The molecule has 3 aromatic rings. The number of methoxy groups -OCH3 is 1. The quantitative estimate of drug-likeness (QED) is 0.411. The van der Waals surface area contributed by atoms with Crippen LogP contribution in [0.15, 0.2) is 82.6 Å². The molecule has 1 aliphatic heterocycles. The maximum atomic E-state index is 13.3. The lowest BCUT2D eigenvalue weighted by Gasteiger charge is -2.36. The second-order valence-electron chi connectivity index (χ2n) is 9.05. The van der Waals surface area contributed by atoms with E-state index in [1.807, 2.05) is 41.3 Å². The van der Waals surface area contributed by atoms with E-state index in [2.05, 4.69) is 0 Å². The molecule has 0 amide bonds.